The van der Waals surface area contributed by atoms with E-state index >= 15 is 0 Å². The Morgan fingerprint density at radius 1 is 1.39 bits per heavy atom. The second kappa shape index (κ2) is 5.21. The van der Waals surface area contributed by atoms with Gasteiger partial charge >= 0.3 is 0 Å². The molecule has 0 amide bonds. The van der Waals surface area contributed by atoms with E-state index in [0.29, 0.717) is 0 Å². The van der Waals surface area contributed by atoms with Crippen LogP contribution in [0.2, 0.25) is 0 Å². The van der Waals surface area contributed by atoms with Crippen molar-refractivity contribution in [3.8, 4) is 0 Å². The van der Waals surface area contributed by atoms with Gasteiger partial charge in [0, 0.05) is 24.0 Å². The summed E-state index contributed by atoms with van der Waals surface area (Å²) in [5.74, 6) is -0.680. The van der Waals surface area contributed by atoms with Crippen LogP contribution < -0.4 is 0 Å². The maximum atomic E-state index is 12.0. The van der Waals surface area contributed by atoms with Crippen LogP contribution in [0.15, 0.2) is 24.3 Å². The van der Waals surface area contributed by atoms with Crippen LogP contribution in [0.1, 0.15) is 10.4 Å². The number of hydrogen-bond donors (Lipinski definition) is 0. The molecule has 1 aromatic rings. The van der Waals surface area contributed by atoms with Gasteiger partial charge in [0.15, 0.2) is 9.84 Å². The number of nitro benzene ring substituents is 1. The Morgan fingerprint density at radius 2 is 1.83 bits per heavy atom. The van der Waals surface area contributed by atoms with E-state index in [1.54, 1.807) is 0 Å². The van der Waals surface area contributed by atoms with Gasteiger partial charge in [0.25, 0.3) is 5.69 Å². The number of alkyl halides is 2. The van der Waals surface area contributed by atoms with Crippen molar-refractivity contribution in [2.24, 2.45) is 0 Å². The maximum Gasteiger partial charge on any atom is 0.269 e. The average Bonchev–Trinajstić information content (AvgIpc) is 2.26. The molecule has 0 N–H and O–H groups in total. The van der Waals surface area contributed by atoms with Gasteiger partial charge in [-0.1, -0.05) is 0 Å². The molecule has 0 spiro atoms. The number of benzene rings is 1. The lowest BCUT2D eigenvalue weighted by molar-refractivity contribution is -0.384. The van der Waals surface area contributed by atoms with Crippen molar-refractivity contribution in [1.29, 1.82) is 0 Å². The summed E-state index contributed by atoms with van der Waals surface area (Å²) in [6.07, 6.45) is 0.928. The van der Waals surface area contributed by atoms with Gasteiger partial charge < -0.3 is 0 Å². The molecule has 1 aromatic carbocycles. The Labute approximate surface area is 125 Å². The predicted octanol–water partition coefficient (Wildman–Crippen LogP) is 2.31. The largest absolute Gasteiger partial charge is 0.290 e. The monoisotopic (exact) mass is 447 g/mol. The highest BCUT2D eigenvalue weighted by Gasteiger charge is 2.43. The first-order chi connectivity index (χ1) is 8.07. The minimum Gasteiger partial charge on any atom is -0.290 e. The Hall–Kier alpha value is -0.550. The summed E-state index contributed by atoms with van der Waals surface area (Å²) >= 11 is 4.35. The molecule has 18 heavy (non-hydrogen) atoms. The molecule has 1 rings (SSSR count). The highest BCUT2D eigenvalue weighted by atomic mass is 127. The zero-order chi connectivity index (χ0) is 14.1. The number of rotatable bonds is 4. The third-order valence-corrected chi connectivity index (χ3v) is 8.20. The van der Waals surface area contributed by atoms with Gasteiger partial charge in [-0.3, -0.25) is 14.9 Å². The fraction of sp³-hybridized carbons (Fsp3) is 0.222. The van der Waals surface area contributed by atoms with Gasteiger partial charge in [0.1, 0.15) is 0 Å². The zero-order valence-corrected chi connectivity index (χ0v) is 13.5. The van der Waals surface area contributed by atoms with Gasteiger partial charge in [-0.2, -0.15) is 0 Å². The summed E-state index contributed by atoms with van der Waals surface area (Å²) in [4.78, 5) is 21.8. The van der Waals surface area contributed by atoms with E-state index in [0.717, 1.165) is 18.4 Å². The summed E-state index contributed by atoms with van der Waals surface area (Å²) in [6, 6.07) is 4.74. The van der Waals surface area contributed by atoms with Crippen molar-refractivity contribution >= 4 is 59.8 Å². The first kappa shape index (κ1) is 15.5. The van der Waals surface area contributed by atoms with Crippen LogP contribution >= 0.6 is 38.5 Å². The highest BCUT2D eigenvalue weighted by Crippen LogP contribution is 2.36. The summed E-state index contributed by atoms with van der Waals surface area (Å²) in [5.41, 5.74) is -0.0863. The number of Topliss-reactive ketones (excluding diaryl/α,β-unsaturated/α-hetero) is 1. The van der Waals surface area contributed by atoms with E-state index in [4.69, 9.17) is 0 Å². The van der Waals surface area contributed by atoms with Crippen molar-refractivity contribution < 1.29 is 18.1 Å². The SMILES string of the molecule is CS(=O)(=O)C(Br)(I)C(=O)c1ccc([N+](=O)[O-])cc1. The van der Waals surface area contributed by atoms with E-state index in [2.05, 4.69) is 15.9 Å². The highest BCUT2D eigenvalue weighted by molar-refractivity contribution is 14.1. The smallest absolute Gasteiger partial charge is 0.269 e. The van der Waals surface area contributed by atoms with Gasteiger partial charge in [0.05, 0.1) is 4.92 Å². The van der Waals surface area contributed by atoms with Gasteiger partial charge in [-0.25, -0.2) is 8.42 Å². The predicted molar refractivity (Wildman–Crippen MR) is 77.9 cm³/mol. The Balaban J connectivity index is 3.17. The van der Waals surface area contributed by atoms with Crippen LogP contribution in [0.25, 0.3) is 0 Å². The first-order valence-corrected chi connectivity index (χ1v) is 8.20. The molecule has 1 atom stereocenters. The van der Waals surface area contributed by atoms with Gasteiger partial charge in [-0.05, 0) is 50.7 Å². The molecule has 98 valence electrons. The topological polar surface area (TPSA) is 94.3 Å². The van der Waals surface area contributed by atoms with Crippen molar-refractivity contribution in [3.63, 3.8) is 0 Å². The van der Waals surface area contributed by atoms with Gasteiger partial charge in [0.2, 0.25) is 7.45 Å². The lowest BCUT2D eigenvalue weighted by Gasteiger charge is -2.16. The van der Waals surface area contributed by atoms with Crippen molar-refractivity contribution in [3.05, 3.63) is 39.9 Å². The number of carbonyl (C=O) groups is 1. The second-order valence-corrected chi connectivity index (χ2v) is 11.1. The fourth-order valence-electron chi connectivity index (χ4n) is 1.07. The minimum absolute atomic E-state index is 0.0808. The molecule has 0 saturated carbocycles. The van der Waals surface area contributed by atoms with E-state index in [9.17, 15) is 23.3 Å². The first-order valence-electron chi connectivity index (χ1n) is 4.44. The van der Waals surface area contributed by atoms with Crippen LogP contribution in [0.3, 0.4) is 0 Å². The molecule has 0 aromatic heterocycles. The summed E-state index contributed by atoms with van der Waals surface area (Å²) in [7, 11) is -3.66. The Morgan fingerprint density at radius 3 is 2.17 bits per heavy atom. The average molecular weight is 448 g/mol. The number of hydrogen-bond acceptors (Lipinski definition) is 5. The van der Waals surface area contributed by atoms with E-state index in [1.165, 1.54) is 34.7 Å². The van der Waals surface area contributed by atoms with Gasteiger partial charge in [-0.15, -0.1) is 0 Å². The molecular formula is C9H7BrINO5S. The minimum atomic E-state index is -3.66. The lowest BCUT2D eigenvalue weighted by atomic mass is 10.1. The molecular weight excluding hydrogens is 441 g/mol. The zero-order valence-electron chi connectivity index (χ0n) is 8.96. The van der Waals surface area contributed by atoms with Crippen LogP contribution in [0, 0.1) is 10.1 Å². The molecule has 9 heteroatoms. The molecule has 1 unspecified atom stereocenters. The Bertz CT molecular complexity index is 596. The summed E-state index contributed by atoms with van der Waals surface area (Å²) in [6.45, 7) is 0. The number of non-ortho nitro benzene ring substituents is 1. The molecule has 0 aliphatic heterocycles. The molecule has 0 bridgehead atoms. The fourth-order valence-corrected chi connectivity index (χ4v) is 2.07. The van der Waals surface area contributed by atoms with Crippen LogP contribution in [-0.4, -0.2) is 27.0 Å². The lowest BCUT2D eigenvalue weighted by Crippen LogP contribution is -2.33. The molecule has 0 aliphatic carbocycles. The number of carbonyl (C=O) groups excluding carboxylic acids is 1. The van der Waals surface area contributed by atoms with Crippen LogP contribution in [-0.2, 0) is 9.84 Å². The number of sulfone groups is 1. The summed E-state index contributed by atoms with van der Waals surface area (Å²) < 4.78 is 21.1. The number of ketones is 1. The third-order valence-electron chi connectivity index (χ3n) is 2.07. The van der Waals surface area contributed by atoms with Crippen LogP contribution in [0.5, 0.6) is 0 Å². The standard InChI is InChI=1S/C9H7BrINO5S/c1-18(16,17)9(10,11)8(13)6-2-4-7(5-3-6)12(14)15/h2-5H,1H3. The van der Waals surface area contributed by atoms with E-state index in [-0.39, 0.29) is 11.3 Å². The second-order valence-electron chi connectivity index (χ2n) is 3.42. The van der Waals surface area contributed by atoms with Crippen molar-refractivity contribution in [2.45, 2.75) is 1.66 Å². The molecule has 6 nitrogen and oxygen atoms in total. The molecule has 0 aliphatic rings. The normalized spacial score (nSPS) is 14.8. The molecule has 0 fully saturated rings. The summed E-state index contributed by atoms with van der Waals surface area (Å²) in [5, 5.41) is 10.5. The molecule has 0 radical (unpaired) electrons. The van der Waals surface area contributed by atoms with Crippen molar-refractivity contribution in [1.82, 2.24) is 0 Å². The maximum absolute atomic E-state index is 12.0. The van der Waals surface area contributed by atoms with Crippen molar-refractivity contribution in [2.75, 3.05) is 6.26 Å². The number of nitrogens with zero attached hydrogens (tertiary/aromatic N) is 1. The quantitative estimate of drug-likeness (QED) is 0.232. The molecule has 0 heterocycles. The third kappa shape index (κ3) is 3.06. The Kier molecular flexibility index (Phi) is 4.49. The van der Waals surface area contributed by atoms with Crippen LogP contribution in [0.4, 0.5) is 5.69 Å². The van der Waals surface area contributed by atoms with E-state index in [1.807, 2.05) is 0 Å². The van der Waals surface area contributed by atoms with E-state index < -0.39 is 22.2 Å². The number of halogens is 2. The number of nitro groups is 1. The molecule has 0 saturated heterocycles.